The van der Waals surface area contributed by atoms with Crippen molar-refractivity contribution in [3.05, 3.63) is 41.0 Å². The summed E-state index contributed by atoms with van der Waals surface area (Å²) in [6, 6.07) is 6.45. The number of rotatable bonds is 4. The van der Waals surface area contributed by atoms with E-state index in [1.165, 1.54) is 28.8 Å². The van der Waals surface area contributed by atoms with Crippen LogP contribution in [0.1, 0.15) is 37.8 Å². The Balaban J connectivity index is 3.11. The number of aryl methyl sites for hydroxylation is 2. The summed E-state index contributed by atoms with van der Waals surface area (Å²) in [5.74, 6) is 0. The lowest BCUT2D eigenvalue weighted by Crippen LogP contribution is -2.05. The number of benzene rings is 1. The van der Waals surface area contributed by atoms with Crippen molar-refractivity contribution in [2.45, 2.75) is 40.5 Å². The van der Waals surface area contributed by atoms with Crippen molar-refractivity contribution in [3.8, 4) is 0 Å². The highest BCUT2D eigenvalue weighted by Crippen LogP contribution is 2.21. The molecule has 0 aliphatic carbocycles. The van der Waals surface area contributed by atoms with Crippen LogP contribution in [0.2, 0.25) is 0 Å². The highest BCUT2D eigenvalue weighted by atomic mass is 15.0. The maximum atomic E-state index is 2.25. The fourth-order valence-electron chi connectivity index (χ4n) is 2.25. The van der Waals surface area contributed by atoms with Crippen LogP contribution < -0.4 is 0 Å². The fraction of sp³-hybridized carbons (Fsp3) is 0.438. The van der Waals surface area contributed by atoms with E-state index in [2.05, 4.69) is 69.8 Å². The summed E-state index contributed by atoms with van der Waals surface area (Å²) in [7, 11) is 2.13. The van der Waals surface area contributed by atoms with Crippen LogP contribution in [0, 0.1) is 13.8 Å². The largest absolute Gasteiger partial charge is 0.210 e. The lowest BCUT2D eigenvalue weighted by molar-refractivity contribution is -0.400. The van der Waals surface area contributed by atoms with Gasteiger partial charge in [0.15, 0.2) is 6.21 Å². The smallest absolute Gasteiger partial charge is 0.201 e. The number of nitrogens with zero attached hydrogens (tertiary/aromatic N) is 1. The van der Waals surface area contributed by atoms with Crippen molar-refractivity contribution in [2.24, 2.45) is 0 Å². The number of hydrogen-bond acceptors (Lipinski definition) is 0. The Bertz CT molecular complexity index is 419. The third-order valence-electron chi connectivity index (χ3n) is 3.06. The summed E-state index contributed by atoms with van der Waals surface area (Å²) in [4.78, 5) is 0. The molecule has 1 rings (SSSR count). The predicted octanol–water partition coefficient (Wildman–Crippen LogP) is 4.39. The van der Waals surface area contributed by atoms with Gasteiger partial charge >= 0.3 is 0 Å². The molecule has 0 aromatic heterocycles. The van der Waals surface area contributed by atoms with E-state index < -0.39 is 0 Å². The minimum atomic E-state index is 1.14. The maximum absolute atomic E-state index is 2.25. The molecule has 0 heterocycles. The Labute approximate surface area is 105 Å². The first-order chi connectivity index (χ1) is 8.10. The molecular formula is C16H24N+. The average molecular weight is 230 g/mol. The molecule has 0 atom stereocenters. The van der Waals surface area contributed by atoms with Gasteiger partial charge in [0.1, 0.15) is 7.05 Å². The molecular weight excluding hydrogens is 206 g/mol. The number of hydrogen-bond donors (Lipinski definition) is 0. The van der Waals surface area contributed by atoms with E-state index in [1.54, 1.807) is 0 Å². The first kappa shape index (κ1) is 13.7. The van der Waals surface area contributed by atoms with Gasteiger partial charge in [-0.05, 0) is 27.2 Å². The van der Waals surface area contributed by atoms with Gasteiger partial charge in [-0.2, -0.15) is 0 Å². The molecule has 92 valence electrons. The summed E-state index contributed by atoms with van der Waals surface area (Å²) in [6.45, 7) is 8.67. The molecule has 0 spiro atoms. The summed E-state index contributed by atoms with van der Waals surface area (Å²) in [5.41, 5.74) is 5.38. The SMILES string of the molecule is C/C=C(/C=[N+](C)c1c(C)cccc1C)CCC. The second kappa shape index (κ2) is 6.39. The predicted molar refractivity (Wildman–Crippen MR) is 76.5 cm³/mol. The van der Waals surface area contributed by atoms with E-state index in [0.717, 1.165) is 6.42 Å². The van der Waals surface area contributed by atoms with E-state index in [0.29, 0.717) is 0 Å². The second-order valence-corrected chi connectivity index (χ2v) is 4.59. The Morgan fingerprint density at radius 2 is 1.82 bits per heavy atom. The van der Waals surface area contributed by atoms with E-state index in [4.69, 9.17) is 0 Å². The molecule has 0 amide bonds. The van der Waals surface area contributed by atoms with Crippen molar-refractivity contribution >= 4 is 11.9 Å². The summed E-state index contributed by atoms with van der Waals surface area (Å²) < 4.78 is 2.25. The first-order valence-corrected chi connectivity index (χ1v) is 6.39. The van der Waals surface area contributed by atoms with Gasteiger partial charge in [-0.15, -0.1) is 0 Å². The maximum Gasteiger partial charge on any atom is 0.210 e. The quantitative estimate of drug-likeness (QED) is 0.533. The van der Waals surface area contributed by atoms with Crippen LogP contribution in [0.5, 0.6) is 0 Å². The lowest BCUT2D eigenvalue weighted by atomic mass is 10.1. The van der Waals surface area contributed by atoms with Gasteiger partial charge in [0.2, 0.25) is 5.69 Å². The highest BCUT2D eigenvalue weighted by Gasteiger charge is 2.11. The van der Waals surface area contributed by atoms with Crippen LogP contribution in [-0.4, -0.2) is 17.8 Å². The molecule has 1 nitrogen and oxygen atoms in total. The van der Waals surface area contributed by atoms with Gasteiger partial charge in [0, 0.05) is 16.7 Å². The molecule has 0 saturated carbocycles. The van der Waals surface area contributed by atoms with Crippen molar-refractivity contribution < 1.29 is 4.58 Å². The van der Waals surface area contributed by atoms with E-state index >= 15 is 0 Å². The number of para-hydroxylation sites is 1. The topological polar surface area (TPSA) is 3.01 Å². The van der Waals surface area contributed by atoms with Crippen molar-refractivity contribution in [3.63, 3.8) is 0 Å². The zero-order valence-corrected chi connectivity index (χ0v) is 11.7. The van der Waals surface area contributed by atoms with Crippen LogP contribution in [-0.2, 0) is 0 Å². The van der Waals surface area contributed by atoms with Gasteiger partial charge in [0.05, 0.1) is 0 Å². The van der Waals surface area contributed by atoms with Gasteiger partial charge in [-0.1, -0.05) is 37.6 Å². The first-order valence-electron chi connectivity index (χ1n) is 6.39. The van der Waals surface area contributed by atoms with Gasteiger partial charge in [-0.3, -0.25) is 0 Å². The molecule has 1 aromatic rings. The Kier molecular flexibility index (Phi) is 5.14. The standard InChI is InChI=1S/C16H24N/c1-6-9-15(7-2)12-17(5)16-13(3)10-8-11-14(16)4/h7-8,10-12H,6,9H2,1-5H3/q+1/b15-7+,17-12?. The van der Waals surface area contributed by atoms with Crippen molar-refractivity contribution in [1.82, 2.24) is 0 Å². The van der Waals surface area contributed by atoms with Gasteiger partial charge < -0.3 is 0 Å². The minimum absolute atomic E-state index is 1.14. The molecule has 0 bridgehead atoms. The van der Waals surface area contributed by atoms with Crippen molar-refractivity contribution in [1.29, 1.82) is 0 Å². The van der Waals surface area contributed by atoms with Crippen LogP contribution >= 0.6 is 0 Å². The summed E-state index contributed by atoms with van der Waals surface area (Å²) in [5, 5.41) is 0. The molecule has 0 N–H and O–H groups in total. The zero-order valence-electron chi connectivity index (χ0n) is 11.7. The average Bonchev–Trinajstić information content (AvgIpc) is 2.28. The van der Waals surface area contributed by atoms with E-state index in [1.807, 2.05) is 0 Å². The molecule has 1 aromatic carbocycles. The van der Waals surface area contributed by atoms with Crippen LogP contribution in [0.4, 0.5) is 5.69 Å². The van der Waals surface area contributed by atoms with Crippen LogP contribution in [0.15, 0.2) is 29.8 Å². The highest BCUT2D eigenvalue weighted by molar-refractivity contribution is 5.75. The molecule has 1 heteroatoms. The fourth-order valence-corrected chi connectivity index (χ4v) is 2.25. The molecule has 0 aliphatic rings. The van der Waals surface area contributed by atoms with Crippen molar-refractivity contribution in [2.75, 3.05) is 7.05 Å². The Morgan fingerprint density at radius 3 is 2.29 bits per heavy atom. The Morgan fingerprint density at radius 1 is 1.24 bits per heavy atom. The van der Waals surface area contributed by atoms with Crippen LogP contribution in [0.3, 0.4) is 0 Å². The van der Waals surface area contributed by atoms with Gasteiger partial charge in [0.25, 0.3) is 0 Å². The third kappa shape index (κ3) is 3.55. The Hall–Kier alpha value is -1.37. The summed E-state index contributed by atoms with van der Waals surface area (Å²) >= 11 is 0. The second-order valence-electron chi connectivity index (χ2n) is 4.59. The monoisotopic (exact) mass is 230 g/mol. The molecule has 0 saturated heterocycles. The van der Waals surface area contributed by atoms with E-state index in [9.17, 15) is 0 Å². The lowest BCUT2D eigenvalue weighted by Gasteiger charge is -2.05. The normalized spacial score (nSPS) is 13.0. The number of allylic oxidation sites excluding steroid dienone is 2. The molecule has 0 aliphatic heterocycles. The zero-order chi connectivity index (χ0) is 12.8. The molecule has 0 unspecified atom stereocenters. The molecule has 0 radical (unpaired) electrons. The molecule has 17 heavy (non-hydrogen) atoms. The van der Waals surface area contributed by atoms with E-state index in [-0.39, 0.29) is 0 Å². The van der Waals surface area contributed by atoms with Gasteiger partial charge in [-0.25, -0.2) is 4.58 Å². The molecule has 0 fully saturated rings. The minimum Gasteiger partial charge on any atom is -0.201 e. The third-order valence-corrected chi connectivity index (χ3v) is 3.06. The summed E-state index contributed by atoms with van der Waals surface area (Å²) in [6.07, 6.45) is 6.79. The van der Waals surface area contributed by atoms with Crippen LogP contribution in [0.25, 0.3) is 0 Å².